The maximum atomic E-state index is 13.3. The summed E-state index contributed by atoms with van der Waals surface area (Å²) in [4.78, 5) is 21.2. The van der Waals surface area contributed by atoms with Gasteiger partial charge in [-0.05, 0) is 18.2 Å². The quantitative estimate of drug-likeness (QED) is 0.485. The van der Waals surface area contributed by atoms with Crippen molar-refractivity contribution in [2.45, 2.75) is 18.8 Å². The highest BCUT2D eigenvalue weighted by Crippen LogP contribution is 2.59. The number of amides is 1. The van der Waals surface area contributed by atoms with E-state index in [1.807, 2.05) is 0 Å². The summed E-state index contributed by atoms with van der Waals surface area (Å²) in [6, 6.07) is 7.32. The molecule has 140 valence electrons. The van der Waals surface area contributed by atoms with Gasteiger partial charge in [-0.15, -0.1) is 0 Å². The fourth-order valence-corrected chi connectivity index (χ4v) is 2.51. The largest absolute Gasteiger partial charge is 0.413 e. The molecule has 2 rings (SSSR count). The van der Waals surface area contributed by atoms with Crippen molar-refractivity contribution in [2.75, 3.05) is 5.32 Å². The van der Waals surface area contributed by atoms with E-state index >= 15 is 0 Å². The lowest BCUT2D eigenvalue weighted by Gasteiger charge is -2.36. The van der Waals surface area contributed by atoms with Crippen LogP contribution in [-0.4, -0.2) is 23.2 Å². The van der Waals surface area contributed by atoms with Crippen LogP contribution in [0.1, 0.15) is 6.42 Å². The zero-order valence-corrected chi connectivity index (χ0v) is 12.7. The summed E-state index contributed by atoms with van der Waals surface area (Å²) in [6.07, 6.45) is -13.3. The molecule has 0 atom stereocenters. The van der Waals surface area contributed by atoms with Gasteiger partial charge in [0.25, 0.3) is 17.0 Å². The third-order valence-electron chi connectivity index (χ3n) is 3.82. The minimum Gasteiger partial charge on any atom is -0.322 e. The highest BCUT2D eigenvalue weighted by atomic mass is 19.4. The molecule has 1 aliphatic carbocycles. The molecule has 0 radical (unpaired) electrons. The van der Waals surface area contributed by atoms with E-state index < -0.39 is 46.3 Å². The van der Waals surface area contributed by atoms with Gasteiger partial charge in [0.15, 0.2) is 0 Å². The topological polar surface area (TPSA) is 72.2 Å². The van der Waals surface area contributed by atoms with E-state index in [2.05, 4.69) is 5.32 Å². The van der Waals surface area contributed by atoms with Crippen molar-refractivity contribution in [3.05, 3.63) is 63.9 Å². The molecule has 0 heterocycles. The third-order valence-corrected chi connectivity index (χ3v) is 3.82. The van der Waals surface area contributed by atoms with Gasteiger partial charge in [0, 0.05) is 23.8 Å². The lowest BCUT2D eigenvalue weighted by atomic mass is 9.73. The molecule has 1 N–H and O–H groups in total. The summed E-state index contributed by atoms with van der Waals surface area (Å²) in [5, 5.41) is 13.0. The summed E-state index contributed by atoms with van der Waals surface area (Å²) in [6.45, 7) is 0. The molecule has 0 fully saturated rings. The van der Waals surface area contributed by atoms with Crippen LogP contribution in [-0.2, 0) is 4.79 Å². The van der Waals surface area contributed by atoms with Gasteiger partial charge in [0.05, 0.1) is 4.92 Å². The first-order chi connectivity index (χ1) is 11.9. The van der Waals surface area contributed by atoms with Crippen LogP contribution in [0.25, 0.3) is 0 Å². The molecule has 1 amide bonds. The number of allylic oxidation sites excluding steroid dienone is 3. The second kappa shape index (κ2) is 6.46. The monoisotopic (exact) mass is 380 g/mol. The van der Waals surface area contributed by atoms with Gasteiger partial charge in [-0.1, -0.05) is 18.2 Å². The molecular weight excluding hydrogens is 370 g/mol. The summed E-state index contributed by atoms with van der Waals surface area (Å²) in [7, 11) is 0. The molecule has 1 aromatic rings. The van der Waals surface area contributed by atoms with E-state index in [9.17, 15) is 41.3 Å². The Morgan fingerprint density at radius 3 is 2.04 bits per heavy atom. The number of rotatable bonds is 3. The summed E-state index contributed by atoms with van der Waals surface area (Å²) in [5.74, 6) is -1.22. The van der Waals surface area contributed by atoms with E-state index in [0.29, 0.717) is 6.08 Å². The van der Waals surface area contributed by atoms with Crippen LogP contribution in [0.3, 0.4) is 0 Å². The van der Waals surface area contributed by atoms with Crippen molar-refractivity contribution in [1.29, 1.82) is 0 Å². The van der Waals surface area contributed by atoms with Crippen molar-refractivity contribution in [2.24, 2.45) is 5.41 Å². The lowest BCUT2D eigenvalue weighted by molar-refractivity contribution is -0.477. The van der Waals surface area contributed by atoms with Crippen LogP contribution in [0.15, 0.2) is 53.8 Å². The Hall–Kier alpha value is -2.85. The molecule has 0 aliphatic heterocycles. The van der Waals surface area contributed by atoms with E-state index in [-0.39, 0.29) is 11.8 Å². The van der Waals surface area contributed by atoms with Crippen LogP contribution in [0.2, 0.25) is 0 Å². The van der Waals surface area contributed by atoms with Crippen LogP contribution in [0.4, 0.5) is 32.0 Å². The van der Waals surface area contributed by atoms with E-state index in [4.69, 9.17) is 0 Å². The van der Waals surface area contributed by atoms with Crippen LogP contribution < -0.4 is 5.32 Å². The molecular formula is C15H10F6N2O3. The standard InChI is InChI=1S/C15H10F6N2O3/c16-14(17,18)13(15(19,20)21)8-9(6-7-11(13)23(25)26)12(24)22-10-4-2-1-3-5-10/h1-7H,8H2,(H,22,24). The SMILES string of the molecule is O=C(Nc1ccccc1)C1=CC=C([N+](=O)[O-])C(C(F)(F)F)(C(F)(F)F)C1. The number of carbonyl (C=O) groups is 1. The molecule has 1 aliphatic rings. The maximum Gasteiger partial charge on any atom is 0.413 e. The van der Waals surface area contributed by atoms with Crippen molar-refractivity contribution in [3.63, 3.8) is 0 Å². The van der Waals surface area contributed by atoms with Gasteiger partial charge < -0.3 is 5.32 Å². The summed E-state index contributed by atoms with van der Waals surface area (Å²) < 4.78 is 80.1. The molecule has 0 unspecified atom stereocenters. The van der Waals surface area contributed by atoms with E-state index in [1.54, 1.807) is 6.07 Å². The Morgan fingerprint density at radius 1 is 1.04 bits per heavy atom. The number of hydrogen-bond acceptors (Lipinski definition) is 3. The second-order valence-corrected chi connectivity index (χ2v) is 5.40. The molecule has 26 heavy (non-hydrogen) atoms. The average Bonchev–Trinajstić information content (AvgIpc) is 2.52. The highest BCUT2D eigenvalue weighted by molar-refractivity contribution is 6.04. The Bertz CT molecular complexity index is 767. The van der Waals surface area contributed by atoms with Gasteiger partial charge in [-0.25, -0.2) is 0 Å². The maximum absolute atomic E-state index is 13.3. The number of para-hydroxylation sites is 1. The second-order valence-electron chi connectivity index (χ2n) is 5.40. The Labute approximate surface area is 142 Å². The fourth-order valence-electron chi connectivity index (χ4n) is 2.51. The van der Waals surface area contributed by atoms with Crippen molar-refractivity contribution < 1.29 is 36.1 Å². The smallest absolute Gasteiger partial charge is 0.322 e. The molecule has 11 heteroatoms. The number of nitro groups is 1. The first kappa shape index (κ1) is 19.5. The zero-order valence-electron chi connectivity index (χ0n) is 12.7. The Balaban J connectivity index is 2.50. The molecule has 0 aromatic heterocycles. The van der Waals surface area contributed by atoms with Gasteiger partial charge >= 0.3 is 12.4 Å². The highest BCUT2D eigenvalue weighted by Gasteiger charge is 2.77. The number of anilines is 1. The number of benzene rings is 1. The first-order valence-electron chi connectivity index (χ1n) is 6.96. The molecule has 0 saturated heterocycles. The molecule has 0 bridgehead atoms. The van der Waals surface area contributed by atoms with E-state index in [0.717, 1.165) is 0 Å². The number of nitrogens with zero attached hydrogens (tertiary/aromatic N) is 1. The predicted octanol–water partition coefficient (Wildman–Crippen LogP) is 4.23. The summed E-state index contributed by atoms with van der Waals surface area (Å²) in [5.41, 5.74) is -7.59. The Morgan fingerprint density at radius 2 is 1.58 bits per heavy atom. The van der Waals surface area contributed by atoms with Gasteiger partial charge in [-0.3, -0.25) is 14.9 Å². The van der Waals surface area contributed by atoms with Gasteiger partial charge in [-0.2, -0.15) is 26.3 Å². The number of alkyl halides is 6. The molecule has 5 nitrogen and oxygen atoms in total. The lowest BCUT2D eigenvalue weighted by Crippen LogP contribution is -2.54. The average molecular weight is 380 g/mol. The fraction of sp³-hybridized carbons (Fsp3) is 0.267. The van der Waals surface area contributed by atoms with Crippen LogP contribution in [0.5, 0.6) is 0 Å². The minimum absolute atomic E-state index is 0.0738. The number of nitrogens with one attached hydrogen (secondary N) is 1. The van der Waals surface area contributed by atoms with Crippen LogP contribution in [0, 0.1) is 15.5 Å². The molecule has 0 saturated carbocycles. The van der Waals surface area contributed by atoms with Gasteiger partial charge in [0.1, 0.15) is 0 Å². The van der Waals surface area contributed by atoms with Crippen molar-refractivity contribution in [3.8, 4) is 0 Å². The minimum atomic E-state index is -6.03. The molecule has 1 aromatic carbocycles. The number of carbonyl (C=O) groups excluding carboxylic acids is 1. The van der Waals surface area contributed by atoms with E-state index in [1.165, 1.54) is 24.3 Å². The third kappa shape index (κ3) is 3.28. The van der Waals surface area contributed by atoms with Crippen LogP contribution >= 0.6 is 0 Å². The predicted molar refractivity (Wildman–Crippen MR) is 77.4 cm³/mol. The van der Waals surface area contributed by atoms with Gasteiger partial charge in [0.2, 0.25) is 0 Å². The Kier molecular flexibility index (Phi) is 4.84. The first-order valence-corrected chi connectivity index (χ1v) is 6.96. The normalized spacial score (nSPS) is 17.2. The summed E-state index contributed by atoms with van der Waals surface area (Å²) >= 11 is 0. The number of hydrogen-bond donors (Lipinski definition) is 1. The van der Waals surface area contributed by atoms with Crippen molar-refractivity contribution >= 4 is 11.6 Å². The zero-order chi connectivity index (χ0) is 19.8. The number of halogens is 6. The van der Waals surface area contributed by atoms with Crippen molar-refractivity contribution in [1.82, 2.24) is 0 Å². The molecule has 0 spiro atoms.